The molecule has 0 saturated heterocycles. The summed E-state index contributed by atoms with van der Waals surface area (Å²) in [5, 5.41) is 0. The molecule has 17 heavy (non-hydrogen) atoms. The average molecular weight is 243 g/mol. The summed E-state index contributed by atoms with van der Waals surface area (Å²) in [5.74, 6) is 0. The van der Waals surface area contributed by atoms with E-state index in [9.17, 15) is 0 Å². The molecule has 0 bridgehead atoms. The average Bonchev–Trinajstić information content (AvgIpc) is 2.21. The van der Waals surface area contributed by atoms with Crippen LogP contribution in [0.2, 0.25) is 0 Å². The lowest BCUT2D eigenvalue weighted by Crippen LogP contribution is -2.37. The number of quaternary nitrogens is 1. The first-order chi connectivity index (χ1) is 7.95. The predicted octanol–water partition coefficient (Wildman–Crippen LogP) is 3.38. The Hall–Kier alpha value is -0.0800. The topological polar surface area (TPSA) is 3.24 Å². The van der Waals surface area contributed by atoms with Crippen molar-refractivity contribution >= 4 is 0 Å². The third kappa shape index (κ3) is 13.9. The van der Waals surface area contributed by atoms with Gasteiger partial charge >= 0.3 is 0 Å². The largest absolute Gasteiger partial charge is 0.331 e. The Morgan fingerprint density at radius 1 is 0.765 bits per heavy atom. The smallest absolute Gasteiger partial charge is 0.0792 e. The van der Waals surface area contributed by atoms with Crippen molar-refractivity contribution in [1.82, 2.24) is 4.90 Å². The van der Waals surface area contributed by atoms with Gasteiger partial charge in [-0.25, -0.2) is 0 Å². The first kappa shape index (κ1) is 16.9. The Balaban J connectivity index is 3.26. The van der Waals surface area contributed by atoms with E-state index in [1.165, 1.54) is 64.6 Å². The SMILES string of the molecule is CCCCCCCCN(C)CCC[N+](C)(C)C. The van der Waals surface area contributed by atoms with Crippen molar-refractivity contribution in [1.29, 1.82) is 0 Å². The minimum atomic E-state index is 1.09. The van der Waals surface area contributed by atoms with Gasteiger partial charge in [-0.05, 0) is 20.0 Å². The second kappa shape index (κ2) is 9.90. The Bertz CT molecular complexity index is 161. The fourth-order valence-electron chi connectivity index (χ4n) is 2.09. The molecule has 104 valence electrons. The molecule has 0 N–H and O–H groups in total. The third-order valence-electron chi connectivity index (χ3n) is 3.26. The summed E-state index contributed by atoms with van der Waals surface area (Å²) in [7, 11) is 9.08. The Morgan fingerprint density at radius 3 is 1.88 bits per heavy atom. The van der Waals surface area contributed by atoms with E-state index in [-0.39, 0.29) is 0 Å². The lowest BCUT2D eigenvalue weighted by molar-refractivity contribution is -0.870. The molecular formula is C15H35N2+. The maximum absolute atomic E-state index is 2.50. The molecule has 2 nitrogen and oxygen atoms in total. The van der Waals surface area contributed by atoms with E-state index >= 15 is 0 Å². The molecule has 0 aliphatic heterocycles. The molecule has 0 spiro atoms. The molecule has 0 aliphatic carbocycles. The zero-order valence-corrected chi connectivity index (χ0v) is 13.0. The highest BCUT2D eigenvalue weighted by molar-refractivity contribution is 4.53. The van der Waals surface area contributed by atoms with E-state index in [0.717, 1.165) is 4.48 Å². The van der Waals surface area contributed by atoms with Gasteiger partial charge in [0.1, 0.15) is 0 Å². The van der Waals surface area contributed by atoms with Gasteiger partial charge in [0.2, 0.25) is 0 Å². The monoisotopic (exact) mass is 243 g/mol. The van der Waals surface area contributed by atoms with Crippen LogP contribution in [0, 0.1) is 0 Å². The maximum atomic E-state index is 2.50. The van der Waals surface area contributed by atoms with Crippen LogP contribution < -0.4 is 0 Å². The molecule has 0 atom stereocenters. The van der Waals surface area contributed by atoms with Crippen LogP contribution in [-0.2, 0) is 0 Å². The summed E-state index contributed by atoms with van der Waals surface area (Å²) in [6, 6.07) is 0. The molecule has 2 heteroatoms. The second-order valence-electron chi connectivity index (χ2n) is 6.44. The highest BCUT2D eigenvalue weighted by atomic mass is 15.3. The van der Waals surface area contributed by atoms with Crippen molar-refractivity contribution < 1.29 is 4.48 Å². The molecular weight excluding hydrogens is 208 g/mol. The van der Waals surface area contributed by atoms with Gasteiger partial charge in [0.05, 0.1) is 27.7 Å². The molecule has 0 aromatic rings. The zero-order valence-electron chi connectivity index (χ0n) is 13.0. The second-order valence-corrected chi connectivity index (χ2v) is 6.44. The van der Waals surface area contributed by atoms with Crippen molar-refractivity contribution in [3.63, 3.8) is 0 Å². The molecule has 0 saturated carbocycles. The van der Waals surface area contributed by atoms with Gasteiger partial charge in [0.25, 0.3) is 0 Å². The van der Waals surface area contributed by atoms with Gasteiger partial charge in [0.15, 0.2) is 0 Å². The van der Waals surface area contributed by atoms with Crippen molar-refractivity contribution in [2.75, 3.05) is 47.8 Å². The first-order valence-corrected chi connectivity index (χ1v) is 7.44. The molecule has 0 radical (unpaired) electrons. The van der Waals surface area contributed by atoms with Crippen LogP contribution in [0.5, 0.6) is 0 Å². The summed E-state index contributed by atoms with van der Waals surface area (Å²) >= 11 is 0. The van der Waals surface area contributed by atoms with E-state index in [4.69, 9.17) is 0 Å². The number of nitrogens with zero attached hydrogens (tertiary/aromatic N) is 2. The molecule has 0 fully saturated rings. The van der Waals surface area contributed by atoms with E-state index < -0.39 is 0 Å². The third-order valence-corrected chi connectivity index (χ3v) is 3.26. The Morgan fingerprint density at radius 2 is 1.29 bits per heavy atom. The first-order valence-electron chi connectivity index (χ1n) is 7.44. The normalized spacial score (nSPS) is 12.4. The van der Waals surface area contributed by atoms with Gasteiger partial charge in [-0.15, -0.1) is 0 Å². The fraction of sp³-hybridized carbons (Fsp3) is 1.00. The highest BCUT2D eigenvalue weighted by Crippen LogP contribution is 2.05. The molecule has 0 unspecified atom stereocenters. The van der Waals surface area contributed by atoms with Crippen LogP contribution >= 0.6 is 0 Å². The van der Waals surface area contributed by atoms with Crippen LogP contribution in [0.25, 0.3) is 0 Å². The lowest BCUT2D eigenvalue weighted by atomic mass is 10.1. The lowest BCUT2D eigenvalue weighted by Gasteiger charge is -2.25. The summed E-state index contributed by atoms with van der Waals surface area (Å²) in [4.78, 5) is 2.50. The van der Waals surface area contributed by atoms with Crippen LogP contribution in [0.3, 0.4) is 0 Å². The standard InChI is InChI=1S/C15H35N2/c1-6-7-8-9-10-11-13-16(2)14-12-15-17(3,4)5/h6-15H2,1-5H3/q+1. The minimum absolute atomic E-state index is 1.09. The van der Waals surface area contributed by atoms with Gasteiger partial charge in [-0.3, -0.25) is 0 Å². The summed E-state index contributed by atoms with van der Waals surface area (Å²) < 4.78 is 1.09. The van der Waals surface area contributed by atoms with E-state index in [0.29, 0.717) is 0 Å². The molecule has 0 aromatic heterocycles. The van der Waals surface area contributed by atoms with E-state index in [1.54, 1.807) is 0 Å². The highest BCUT2D eigenvalue weighted by Gasteiger charge is 2.06. The minimum Gasteiger partial charge on any atom is -0.331 e. The van der Waals surface area contributed by atoms with Gasteiger partial charge in [0, 0.05) is 13.0 Å². The summed E-state index contributed by atoms with van der Waals surface area (Å²) in [6.45, 7) is 6.09. The fourth-order valence-corrected chi connectivity index (χ4v) is 2.09. The van der Waals surface area contributed by atoms with Crippen LogP contribution in [0.1, 0.15) is 51.9 Å². The number of rotatable bonds is 11. The van der Waals surface area contributed by atoms with Crippen LogP contribution in [0.4, 0.5) is 0 Å². The van der Waals surface area contributed by atoms with Crippen molar-refractivity contribution in [3.05, 3.63) is 0 Å². The van der Waals surface area contributed by atoms with Crippen molar-refractivity contribution in [2.24, 2.45) is 0 Å². The maximum Gasteiger partial charge on any atom is 0.0792 e. The van der Waals surface area contributed by atoms with Crippen molar-refractivity contribution in [3.8, 4) is 0 Å². The number of unbranched alkanes of at least 4 members (excludes halogenated alkanes) is 5. The van der Waals surface area contributed by atoms with E-state index in [1.807, 2.05) is 0 Å². The van der Waals surface area contributed by atoms with Gasteiger partial charge < -0.3 is 9.38 Å². The van der Waals surface area contributed by atoms with Crippen LogP contribution in [-0.4, -0.2) is 57.2 Å². The van der Waals surface area contributed by atoms with Crippen molar-refractivity contribution in [2.45, 2.75) is 51.9 Å². The van der Waals surface area contributed by atoms with Gasteiger partial charge in [-0.1, -0.05) is 39.0 Å². The molecule has 0 aromatic carbocycles. The molecule has 0 amide bonds. The Kier molecular flexibility index (Phi) is 9.85. The summed E-state index contributed by atoms with van der Waals surface area (Å²) in [6.07, 6.45) is 9.74. The quantitative estimate of drug-likeness (QED) is 0.397. The van der Waals surface area contributed by atoms with E-state index in [2.05, 4.69) is 40.0 Å². The Labute approximate surface area is 110 Å². The van der Waals surface area contributed by atoms with Crippen LogP contribution in [0.15, 0.2) is 0 Å². The number of hydrogen-bond acceptors (Lipinski definition) is 1. The van der Waals surface area contributed by atoms with Gasteiger partial charge in [-0.2, -0.15) is 0 Å². The zero-order chi connectivity index (χ0) is 13.1. The number of hydrogen-bond donors (Lipinski definition) is 0. The molecule has 0 rings (SSSR count). The molecule has 0 heterocycles. The molecule has 0 aliphatic rings. The summed E-state index contributed by atoms with van der Waals surface area (Å²) in [5.41, 5.74) is 0. The predicted molar refractivity (Wildman–Crippen MR) is 78.4 cm³/mol.